The number of carbonyl (C=O) groups excluding carboxylic acids is 1. The van der Waals surface area contributed by atoms with Gasteiger partial charge in [-0.15, -0.1) is 11.8 Å². The lowest BCUT2D eigenvalue weighted by molar-refractivity contribution is 0.0109. The molecule has 2 aliphatic rings. The summed E-state index contributed by atoms with van der Waals surface area (Å²) in [6.45, 7) is 0.350. The summed E-state index contributed by atoms with van der Waals surface area (Å²) in [5.74, 6) is 1.15. The fourth-order valence-corrected chi connectivity index (χ4v) is 3.49. The highest BCUT2D eigenvalue weighted by Crippen LogP contribution is 2.40. The topological polar surface area (TPSA) is 81.4 Å². The van der Waals surface area contributed by atoms with E-state index in [1.807, 2.05) is 30.5 Å². The lowest BCUT2D eigenvalue weighted by atomic mass is 10.1. The maximum atomic E-state index is 12.7. The molecular formula is C20H18N2O4S. The SMILES string of the molecule is CSc1nc(C2CC2)cc(C(=O)OCC2COc3ccccc3O2)c1C#N. The van der Waals surface area contributed by atoms with E-state index in [0.29, 0.717) is 29.0 Å². The summed E-state index contributed by atoms with van der Waals surface area (Å²) in [5.41, 5.74) is 1.40. The summed E-state index contributed by atoms with van der Waals surface area (Å²) in [6.07, 6.45) is 3.58. The van der Waals surface area contributed by atoms with E-state index in [2.05, 4.69) is 11.1 Å². The lowest BCUT2D eigenvalue weighted by Crippen LogP contribution is -2.34. The van der Waals surface area contributed by atoms with Crippen molar-refractivity contribution in [3.05, 3.63) is 47.2 Å². The fourth-order valence-electron chi connectivity index (χ4n) is 2.94. The first-order valence-corrected chi connectivity index (χ1v) is 9.96. The van der Waals surface area contributed by atoms with Crippen LogP contribution in [0.1, 0.15) is 40.4 Å². The molecule has 0 saturated heterocycles. The summed E-state index contributed by atoms with van der Waals surface area (Å²) in [5, 5.41) is 10.1. The van der Waals surface area contributed by atoms with Crippen molar-refractivity contribution < 1.29 is 19.0 Å². The minimum absolute atomic E-state index is 0.0493. The quantitative estimate of drug-likeness (QED) is 0.578. The molecule has 27 heavy (non-hydrogen) atoms. The Morgan fingerprint density at radius 3 is 2.85 bits per heavy atom. The molecule has 2 aromatic rings. The molecule has 1 unspecified atom stereocenters. The van der Waals surface area contributed by atoms with Gasteiger partial charge in [0.25, 0.3) is 0 Å². The number of ether oxygens (including phenoxy) is 3. The van der Waals surface area contributed by atoms with E-state index in [1.54, 1.807) is 6.07 Å². The average molecular weight is 382 g/mol. The molecule has 0 radical (unpaired) electrons. The number of esters is 1. The molecule has 4 rings (SSSR count). The zero-order chi connectivity index (χ0) is 18.8. The van der Waals surface area contributed by atoms with Crippen LogP contribution in [0.5, 0.6) is 11.5 Å². The first-order chi connectivity index (χ1) is 13.2. The second-order valence-electron chi connectivity index (χ2n) is 6.46. The third-order valence-corrected chi connectivity index (χ3v) is 5.18. The van der Waals surface area contributed by atoms with Crippen molar-refractivity contribution in [3.8, 4) is 17.6 Å². The minimum atomic E-state index is -0.534. The van der Waals surface area contributed by atoms with Crippen LogP contribution in [0.2, 0.25) is 0 Å². The van der Waals surface area contributed by atoms with E-state index in [9.17, 15) is 10.1 Å². The van der Waals surface area contributed by atoms with Crippen molar-refractivity contribution >= 4 is 17.7 Å². The molecule has 0 amide bonds. The van der Waals surface area contributed by atoms with Crippen molar-refractivity contribution in [2.45, 2.75) is 29.9 Å². The Balaban J connectivity index is 1.48. The maximum absolute atomic E-state index is 12.7. The Kier molecular flexibility index (Phi) is 4.90. The van der Waals surface area contributed by atoms with Gasteiger partial charge in [-0.05, 0) is 37.3 Å². The number of nitrogens with zero attached hydrogens (tertiary/aromatic N) is 2. The molecule has 1 atom stereocenters. The van der Waals surface area contributed by atoms with Crippen molar-refractivity contribution in [2.24, 2.45) is 0 Å². The number of hydrogen-bond acceptors (Lipinski definition) is 7. The van der Waals surface area contributed by atoms with Crippen molar-refractivity contribution in [3.63, 3.8) is 0 Å². The van der Waals surface area contributed by atoms with Gasteiger partial charge in [0, 0.05) is 11.6 Å². The summed E-state index contributed by atoms with van der Waals surface area (Å²) >= 11 is 1.36. The minimum Gasteiger partial charge on any atom is -0.486 e. The summed E-state index contributed by atoms with van der Waals surface area (Å²) in [4.78, 5) is 17.2. The number of thioether (sulfide) groups is 1. The van der Waals surface area contributed by atoms with Crippen LogP contribution < -0.4 is 9.47 Å². The largest absolute Gasteiger partial charge is 0.486 e. The van der Waals surface area contributed by atoms with Crippen LogP contribution in [0, 0.1) is 11.3 Å². The van der Waals surface area contributed by atoms with Crippen LogP contribution in [0.15, 0.2) is 35.4 Å². The van der Waals surface area contributed by atoms with Gasteiger partial charge in [0.1, 0.15) is 24.3 Å². The van der Waals surface area contributed by atoms with E-state index in [4.69, 9.17) is 14.2 Å². The lowest BCUT2D eigenvalue weighted by Gasteiger charge is -2.26. The first kappa shape index (κ1) is 17.7. The van der Waals surface area contributed by atoms with Crippen LogP contribution in [0.3, 0.4) is 0 Å². The number of aromatic nitrogens is 1. The van der Waals surface area contributed by atoms with E-state index in [1.165, 1.54) is 11.8 Å². The standard InChI is InChI=1S/C20H18N2O4S/c1-27-19-15(9-21)14(8-16(22-19)12-6-7-12)20(23)25-11-13-10-24-17-4-2-3-5-18(17)26-13/h2-5,8,12-13H,6-7,10-11H2,1H3. The van der Waals surface area contributed by atoms with Gasteiger partial charge < -0.3 is 14.2 Å². The zero-order valence-corrected chi connectivity index (χ0v) is 15.6. The average Bonchev–Trinajstić information content (AvgIpc) is 3.56. The summed E-state index contributed by atoms with van der Waals surface area (Å²) in [7, 11) is 0. The highest BCUT2D eigenvalue weighted by molar-refractivity contribution is 7.98. The molecule has 1 aliphatic heterocycles. The molecule has 0 N–H and O–H groups in total. The van der Waals surface area contributed by atoms with Crippen LogP contribution in [0.4, 0.5) is 0 Å². The van der Waals surface area contributed by atoms with Gasteiger partial charge in [-0.1, -0.05) is 12.1 Å². The number of hydrogen-bond donors (Lipinski definition) is 0. The van der Waals surface area contributed by atoms with Gasteiger partial charge in [0.05, 0.1) is 11.1 Å². The van der Waals surface area contributed by atoms with Crippen molar-refractivity contribution in [1.29, 1.82) is 5.26 Å². The Morgan fingerprint density at radius 2 is 2.15 bits per heavy atom. The normalized spacial score (nSPS) is 17.9. The van der Waals surface area contributed by atoms with Gasteiger partial charge in [0.2, 0.25) is 0 Å². The van der Waals surface area contributed by atoms with E-state index in [0.717, 1.165) is 18.5 Å². The summed E-state index contributed by atoms with van der Waals surface area (Å²) in [6, 6.07) is 11.2. The van der Waals surface area contributed by atoms with E-state index in [-0.39, 0.29) is 23.8 Å². The molecular weight excluding hydrogens is 364 g/mol. The van der Waals surface area contributed by atoms with Gasteiger partial charge in [0.15, 0.2) is 17.6 Å². The van der Waals surface area contributed by atoms with E-state index < -0.39 is 5.97 Å². The second-order valence-corrected chi connectivity index (χ2v) is 7.26. The monoisotopic (exact) mass is 382 g/mol. The highest BCUT2D eigenvalue weighted by atomic mass is 32.2. The van der Waals surface area contributed by atoms with E-state index >= 15 is 0 Å². The number of fused-ring (bicyclic) bond motifs is 1. The van der Waals surface area contributed by atoms with Crippen molar-refractivity contribution in [2.75, 3.05) is 19.5 Å². The third kappa shape index (κ3) is 3.71. The number of para-hydroxylation sites is 2. The zero-order valence-electron chi connectivity index (χ0n) is 14.8. The molecule has 6 nitrogen and oxygen atoms in total. The molecule has 7 heteroatoms. The first-order valence-electron chi connectivity index (χ1n) is 8.74. The number of rotatable bonds is 5. The van der Waals surface area contributed by atoms with Crippen LogP contribution >= 0.6 is 11.8 Å². The van der Waals surface area contributed by atoms with Crippen LogP contribution in [-0.4, -0.2) is 36.5 Å². The number of nitriles is 1. The molecule has 0 spiro atoms. The number of carbonyl (C=O) groups is 1. The maximum Gasteiger partial charge on any atom is 0.339 e. The van der Waals surface area contributed by atoms with Crippen LogP contribution in [-0.2, 0) is 4.74 Å². The molecule has 2 heterocycles. The predicted molar refractivity (Wildman–Crippen MR) is 99.3 cm³/mol. The Labute approximate surface area is 161 Å². The number of benzene rings is 1. The fraction of sp³-hybridized carbons (Fsp3) is 0.350. The molecule has 0 bridgehead atoms. The number of pyridine rings is 1. The van der Waals surface area contributed by atoms with Gasteiger partial charge in [-0.2, -0.15) is 5.26 Å². The second kappa shape index (κ2) is 7.49. The Hall–Kier alpha value is -2.72. The molecule has 138 valence electrons. The highest BCUT2D eigenvalue weighted by Gasteiger charge is 2.29. The third-order valence-electron chi connectivity index (χ3n) is 4.49. The van der Waals surface area contributed by atoms with Gasteiger partial charge >= 0.3 is 5.97 Å². The predicted octanol–water partition coefficient (Wildman–Crippen LogP) is 3.55. The summed E-state index contributed by atoms with van der Waals surface area (Å²) < 4.78 is 16.9. The Bertz CT molecular complexity index is 921. The Morgan fingerprint density at radius 1 is 1.37 bits per heavy atom. The molecule has 1 saturated carbocycles. The van der Waals surface area contributed by atoms with Gasteiger partial charge in [-0.3, -0.25) is 0 Å². The molecule has 1 aliphatic carbocycles. The molecule has 1 aromatic carbocycles. The van der Waals surface area contributed by atoms with Crippen molar-refractivity contribution in [1.82, 2.24) is 4.98 Å². The molecule has 1 fully saturated rings. The molecule has 1 aromatic heterocycles. The van der Waals surface area contributed by atoms with Crippen LogP contribution in [0.25, 0.3) is 0 Å². The van der Waals surface area contributed by atoms with Gasteiger partial charge in [-0.25, -0.2) is 9.78 Å². The smallest absolute Gasteiger partial charge is 0.339 e.